The summed E-state index contributed by atoms with van der Waals surface area (Å²) in [5.74, 6) is 0.936. The smallest absolute Gasteiger partial charge is 0.170 e. The van der Waals surface area contributed by atoms with Crippen LogP contribution in [0.4, 0.5) is 0 Å². The number of hydrogen-bond donors (Lipinski definition) is 2. The van der Waals surface area contributed by atoms with Crippen LogP contribution in [0.5, 0.6) is 0 Å². The number of nitrogens with one attached hydrogen (secondary N) is 1. The molecule has 0 saturated carbocycles. The Morgan fingerprint density at radius 1 is 1.10 bits per heavy atom. The predicted octanol–water partition coefficient (Wildman–Crippen LogP) is 3.16. The summed E-state index contributed by atoms with van der Waals surface area (Å²) in [5.41, 5.74) is 5.43. The summed E-state index contributed by atoms with van der Waals surface area (Å²) in [6.07, 6.45) is 3.62. The minimum Gasteiger partial charge on any atom is -0.395 e. The van der Waals surface area contributed by atoms with Crippen LogP contribution in [0.15, 0.2) is 48.8 Å². The molecule has 150 valence electrons. The standard InChI is InChI=1S/C22H25N5OS/c1-14-7-6-10-24-21(14)27-15(2)13-17(16(27)3)20-19(18-8-4-5-9-23-18)25-22(29)26(20)11-12-28/h4-10,13,19-20,28H,11-12H2,1-3H3,(H,25,29)/t19-,20-/m0/s1. The molecule has 0 spiro atoms. The van der Waals surface area contributed by atoms with Crippen LogP contribution in [0, 0.1) is 20.8 Å². The van der Waals surface area contributed by atoms with E-state index in [4.69, 9.17) is 12.2 Å². The van der Waals surface area contributed by atoms with Gasteiger partial charge in [-0.05, 0) is 68.4 Å². The number of aromatic nitrogens is 3. The molecule has 1 aliphatic rings. The van der Waals surface area contributed by atoms with Crippen molar-refractivity contribution in [3.63, 3.8) is 0 Å². The quantitative estimate of drug-likeness (QED) is 0.634. The van der Waals surface area contributed by atoms with Crippen LogP contribution < -0.4 is 5.32 Å². The lowest BCUT2D eigenvalue weighted by molar-refractivity contribution is 0.223. The van der Waals surface area contributed by atoms with Gasteiger partial charge in [-0.1, -0.05) is 12.1 Å². The van der Waals surface area contributed by atoms with Crippen molar-refractivity contribution < 1.29 is 5.11 Å². The highest BCUT2D eigenvalue weighted by atomic mass is 32.1. The van der Waals surface area contributed by atoms with Crippen LogP contribution in [-0.2, 0) is 0 Å². The van der Waals surface area contributed by atoms with Crippen LogP contribution in [0.3, 0.4) is 0 Å². The second-order valence-corrected chi connectivity index (χ2v) is 7.74. The van der Waals surface area contributed by atoms with E-state index >= 15 is 0 Å². The van der Waals surface area contributed by atoms with Crippen LogP contribution in [-0.4, -0.2) is 42.8 Å². The largest absolute Gasteiger partial charge is 0.395 e. The predicted molar refractivity (Wildman–Crippen MR) is 117 cm³/mol. The summed E-state index contributed by atoms with van der Waals surface area (Å²) >= 11 is 5.61. The Labute approximate surface area is 176 Å². The van der Waals surface area contributed by atoms with Crippen molar-refractivity contribution in [1.29, 1.82) is 0 Å². The molecule has 0 radical (unpaired) electrons. The van der Waals surface area contributed by atoms with Crippen molar-refractivity contribution in [2.24, 2.45) is 0 Å². The van der Waals surface area contributed by atoms with E-state index in [0.29, 0.717) is 11.7 Å². The van der Waals surface area contributed by atoms with Gasteiger partial charge in [-0.3, -0.25) is 4.98 Å². The fourth-order valence-electron chi connectivity index (χ4n) is 4.22. The summed E-state index contributed by atoms with van der Waals surface area (Å²) < 4.78 is 2.19. The zero-order valence-corrected chi connectivity index (χ0v) is 17.6. The van der Waals surface area contributed by atoms with Crippen molar-refractivity contribution in [1.82, 2.24) is 24.8 Å². The van der Waals surface area contributed by atoms with Crippen molar-refractivity contribution in [2.45, 2.75) is 32.9 Å². The first kappa shape index (κ1) is 19.5. The average Bonchev–Trinajstić information content (AvgIpc) is 3.19. The molecule has 2 N–H and O–H groups in total. The minimum absolute atomic E-state index is 0.0331. The van der Waals surface area contributed by atoms with Crippen molar-refractivity contribution >= 4 is 17.3 Å². The second kappa shape index (κ2) is 7.93. The molecular weight excluding hydrogens is 382 g/mol. The lowest BCUT2D eigenvalue weighted by Gasteiger charge is -2.27. The molecule has 0 amide bonds. The van der Waals surface area contributed by atoms with E-state index in [2.05, 4.69) is 57.7 Å². The van der Waals surface area contributed by atoms with Gasteiger partial charge in [0.2, 0.25) is 0 Å². The van der Waals surface area contributed by atoms with Crippen LogP contribution >= 0.6 is 12.2 Å². The fraction of sp³-hybridized carbons (Fsp3) is 0.318. The third-order valence-corrected chi connectivity index (χ3v) is 5.87. The molecule has 0 aliphatic carbocycles. The first-order chi connectivity index (χ1) is 14.0. The molecule has 0 unspecified atom stereocenters. The van der Waals surface area contributed by atoms with Gasteiger partial charge in [-0.25, -0.2) is 4.98 Å². The summed E-state index contributed by atoms with van der Waals surface area (Å²) in [7, 11) is 0. The molecule has 3 aromatic rings. The number of nitrogens with zero attached hydrogens (tertiary/aromatic N) is 4. The number of rotatable bonds is 5. The average molecular weight is 408 g/mol. The molecule has 1 aliphatic heterocycles. The number of aliphatic hydroxyl groups excluding tert-OH is 1. The van der Waals surface area contributed by atoms with Gasteiger partial charge >= 0.3 is 0 Å². The van der Waals surface area contributed by atoms with Gasteiger partial charge < -0.3 is 19.9 Å². The lowest BCUT2D eigenvalue weighted by atomic mass is 9.97. The van der Waals surface area contributed by atoms with E-state index in [0.717, 1.165) is 34.0 Å². The number of thiocarbonyl (C=S) groups is 1. The van der Waals surface area contributed by atoms with Gasteiger partial charge in [-0.15, -0.1) is 0 Å². The van der Waals surface area contributed by atoms with E-state index in [-0.39, 0.29) is 18.7 Å². The van der Waals surface area contributed by atoms with Gasteiger partial charge in [0.05, 0.1) is 24.4 Å². The van der Waals surface area contributed by atoms with E-state index in [9.17, 15) is 5.11 Å². The van der Waals surface area contributed by atoms with E-state index in [1.165, 1.54) is 0 Å². The Kier molecular flexibility index (Phi) is 5.34. The van der Waals surface area contributed by atoms with E-state index < -0.39 is 0 Å². The molecule has 4 rings (SSSR count). The Balaban J connectivity index is 1.85. The minimum atomic E-state index is -0.0889. The highest BCUT2D eigenvalue weighted by molar-refractivity contribution is 7.80. The third kappa shape index (κ3) is 3.41. The number of aryl methyl sites for hydroxylation is 2. The molecule has 2 atom stereocenters. The zero-order chi connectivity index (χ0) is 20.5. The van der Waals surface area contributed by atoms with Crippen molar-refractivity contribution in [3.05, 3.63) is 77.0 Å². The highest BCUT2D eigenvalue weighted by Crippen LogP contribution is 2.41. The molecular formula is C22H25N5OS. The maximum absolute atomic E-state index is 9.65. The monoisotopic (exact) mass is 407 g/mol. The Morgan fingerprint density at radius 3 is 2.59 bits per heavy atom. The molecule has 7 heteroatoms. The molecule has 4 heterocycles. The van der Waals surface area contributed by atoms with E-state index in [1.54, 1.807) is 6.20 Å². The van der Waals surface area contributed by atoms with Crippen LogP contribution in [0.25, 0.3) is 5.82 Å². The highest BCUT2D eigenvalue weighted by Gasteiger charge is 2.41. The number of hydrogen-bond acceptors (Lipinski definition) is 4. The maximum atomic E-state index is 9.65. The third-order valence-electron chi connectivity index (χ3n) is 5.52. The second-order valence-electron chi connectivity index (χ2n) is 7.35. The summed E-state index contributed by atoms with van der Waals surface area (Å²) in [6.45, 7) is 6.78. The van der Waals surface area contributed by atoms with Crippen LogP contribution in [0.2, 0.25) is 0 Å². The summed E-state index contributed by atoms with van der Waals surface area (Å²) in [5, 5.41) is 13.7. The SMILES string of the molecule is Cc1cccnc1-n1c(C)cc([C@H]2[C@H](c3ccccn3)NC(=S)N2CCO)c1C. The van der Waals surface area contributed by atoms with Gasteiger partial charge in [0.25, 0.3) is 0 Å². The number of β-amino-alcohol motifs (C(OH)–C–C–N with tert-alkyl or cyclic N) is 1. The number of aliphatic hydroxyl groups is 1. The first-order valence-electron chi connectivity index (χ1n) is 9.72. The molecule has 6 nitrogen and oxygen atoms in total. The zero-order valence-electron chi connectivity index (χ0n) is 16.8. The van der Waals surface area contributed by atoms with Gasteiger partial charge in [-0.2, -0.15) is 0 Å². The Morgan fingerprint density at radius 2 is 1.90 bits per heavy atom. The normalized spacial score (nSPS) is 18.9. The first-order valence-corrected chi connectivity index (χ1v) is 10.1. The molecule has 1 saturated heterocycles. The Bertz CT molecular complexity index is 1030. The lowest BCUT2D eigenvalue weighted by Crippen LogP contribution is -2.32. The van der Waals surface area contributed by atoms with Gasteiger partial charge in [0.1, 0.15) is 5.82 Å². The Hall–Kier alpha value is -2.77. The molecule has 0 aromatic carbocycles. The van der Waals surface area contributed by atoms with Crippen LogP contribution in [0.1, 0.15) is 40.3 Å². The molecule has 29 heavy (non-hydrogen) atoms. The number of pyridine rings is 2. The topological polar surface area (TPSA) is 66.2 Å². The fourth-order valence-corrected chi connectivity index (χ4v) is 4.55. The van der Waals surface area contributed by atoms with E-state index in [1.807, 2.05) is 30.5 Å². The summed E-state index contributed by atoms with van der Waals surface area (Å²) in [4.78, 5) is 11.2. The van der Waals surface area contributed by atoms with Crippen molar-refractivity contribution in [2.75, 3.05) is 13.2 Å². The van der Waals surface area contributed by atoms with Gasteiger partial charge in [0, 0.05) is 30.3 Å². The summed E-state index contributed by atoms with van der Waals surface area (Å²) in [6, 6.07) is 12.0. The molecule has 3 aromatic heterocycles. The molecule has 1 fully saturated rings. The van der Waals surface area contributed by atoms with Gasteiger partial charge in [0.15, 0.2) is 5.11 Å². The maximum Gasteiger partial charge on any atom is 0.170 e. The molecule has 0 bridgehead atoms. The van der Waals surface area contributed by atoms with Crippen molar-refractivity contribution in [3.8, 4) is 5.82 Å².